The summed E-state index contributed by atoms with van der Waals surface area (Å²) in [7, 11) is 4.30. The van der Waals surface area contributed by atoms with Crippen LogP contribution in [0.5, 0.6) is 0 Å². The van der Waals surface area contributed by atoms with Crippen molar-refractivity contribution in [3.05, 3.63) is 0 Å². The summed E-state index contributed by atoms with van der Waals surface area (Å²) in [5, 5.41) is 0. The zero-order valence-corrected chi connectivity index (χ0v) is 15.9. The molecule has 1 N–H and O–H groups in total. The molecule has 22 heavy (non-hydrogen) atoms. The van der Waals surface area contributed by atoms with Crippen molar-refractivity contribution in [1.29, 1.82) is 0 Å². The molecule has 3 nitrogen and oxygen atoms in total. The van der Waals surface area contributed by atoms with Crippen LogP contribution in [0.3, 0.4) is 0 Å². The van der Waals surface area contributed by atoms with Crippen LogP contribution >= 0.6 is 12.8 Å². The molecule has 0 aliphatic rings. The van der Waals surface area contributed by atoms with Crippen LogP contribution in [0.15, 0.2) is 0 Å². The fourth-order valence-electron chi connectivity index (χ4n) is 2.73. The van der Waals surface area contributed by atoms with Gasteiger partial charge in [0.1, 0.15) is 6.29 Å². The fraction of sp³-hybridized carbons (Fsp3) is 0.944. The number of carbonyl (C=O) groups excluding carboxylic acids is 1. The van der Waals surface area contributed by atoms with Crippen LogP contribution in [-0.2, 0) is 4.79 Å². The van der Waals surface area contributed by atoms with Gasteiger partial charge in [0, 0.05) is 6.42 Å². The number of thiol groups is 1. The Labute approximate surface area is 144 Å². The summed E-state index contributed by atoms with van der Waals surface area (Å²) in [5.74, 6) is 0. The normalized spacial score (nSPS) is 11.8. The topological polar surface area (TPSA) is 29.1 Å². The number of rotatable bonds is 17. The quantitative estimate of drug-likeness (QED) is 0.128. The number of carbonyl (C=O) groups is 1. The van der Waals surface area contributed by atoms with Gasteiger partial charge in [0.2, 0.25) is 0 Å². The Kier molecular flexibility index (Phi) is 15.8. The van der Waals surface area contributed by atoms with Crippen LogP contribution < -0.4 is 4.83 Å². The average Bonchev–Trinajstić information content (AvgIpc) is 2.51. The van der Waals surface area contributed by atoms with E-state index in [1.54, 1.807) is 0 Å². The number of aldehydes is 1. The maximum Gasteiger partial charge on any atom is 0.119 e. The summed E-state index contributed by atoms with van der Waals surface area (Å²) in [6.07, 6.45) is 19.2. The van der Waals surface area contributed by atoms with Crippen molar-refractivity contribution in [2.75, 3.05) is 20.6 Å². The standard InChI is InChI=1S/C18H39N2OS/c1-20(2,19-22)17-15-13-11-9-7-5-3-4-6-8-10-12-14-16-18-21/h18-19,22H,3-17H2,1-2H3/q+1. The lowest BCUT2D eigenvalue weighted by Gasteiger charge is -2.26. The minimum Gasteiger partial charge on any atom is -0.303 e. The summed E-state index contributed by atoms with van der Waals surface area (Å²) in [6, 6.07) is 0. The number of quaternary nitrogens is 1. The van der Waals surface area contributed by atoms with Crippen molar-refractivity contribution in [2.24, 2.45) is 0 Å². The highest BCUT2D eigenvalue weighted by Crippen LogP contribution is 2.13. The minimum absolute atomic E-state index is 0.752. The van der Waals surface area contributed by atoms with Crippen molar-refractivity contribution < 1.29 is 9.39 Å². The third kappa shape index (κ3) is 16.3. The molecule has 0 radical (unpaired) electrons. The number of unbranched alkanes of at least 4 members (excludes halogenated alkanes) is 13. The van der Waals surface area contributed by atoms with E-state index in [4.69, 9.17) is 0 Å². The molecule has 0 amide bonds. The molecule has 0 saturated carbocycles. The first kappa shape index (κ1) is 21.9. The van der Waals surface area contributed by atoms with E-state index in [0.29, 0.717) is 0 Å². The van der Waals surface area contributed by atoms with Crippen LogP contribution in [0, 0.1) is 0 Å². The van der Waals surface area contributed by atoms with Gasteiger partial charge >= 0.3 is 0 Å². The zero-order valence-electron chi connectivity index (χ0n) is 15.0. The lowest BCUT2D eigenvalue weighted by molar-refractivity contribution is -0.918. The third-order valence-electron chi connectivity index (χ3n) is 4.31. The molecular formula is C18H39N2OS+. The van der Waals surface area contributed by atoms with Crippen LogP contribution in [0.1, 0.15) is 89.9 Å². The van der Waals surface area contributed by atoms with Crippen molar-refractivity contribution in [2.45, 2.75) is 89.9 Å². The number of nitrogens with zero attached hydrogens (tertiary/aromatic N) is 1. The summed E-state index contributed by atoms with van der Waals surface area (Å²) in [5.41, 5.74) is 0. The number of hydrogen-bond acceptors (Lipinski definition) is 3. The van der Waals surface area contributed by atoms with Crippen LogP contribution in [0.25, 0.3) is 0 Å². The highest BCUT2D eigenvalue weighted by Gasteiger charge is 2.10. The molecule has 0 heterocycles. The second kappa shape index (κ2) is 15.8. The van der Waals surface area contributed by atoms with Gasteiger partial charge in [-0.1, -0.05) is 64.2 Å². The van der Waals surface area contributed by atoms with Gasteiger partial charge in [-0.2, -0.15) is 0 Å². The first-order valence-corrected chi connectivity index (χ1v) is 9.75. The van der Waals surface area contributed by atoms with E-state index >= 15 is 0 Å². The van der Waals surface area contributed by atoms with Gasteiger partial charge in [-0.05, 0) is 32.1 Å². The summed E-state index contributed by atoms with van der Waals surface area (Å²) in [6.45, 7) is 1.15. The molecule has 0 aromatic heterocycles. The van der Waals surface area contributed by atoms with Gasteiger partial charge in [0.25, 0.3) is 0 Å². The van der Waals surface area contributed by atoms with E-state index in [9.17, 15) is 4.79 Å². The SMILES string of the molecule is C[N+](C)(CCCCCCCCCCCCCCCC=O)NS. The predicted octanol–water partition coefficient (Wildman–Crippen LogP) is 5.07. The van der Waals surface area contributed by atoms with Gasteiger partial charge < -0.3 is 4.79 Å². The number of nitrogens with one attached hydrogen (secondary N) is 1. The Morgan fingerprint density at radius 2 is 1.09 bits per heavy atom. The molecule has 132 valence electrons. The maximum absolute atomic E-state index is 10.2. The van der Waals surface area contributed by atoms with Crippen LogP contribution in [0.4, 0.5) is 0 Å². The summed E-state index contributed by atoms with van der Waals surface area (Å²) >= 11 is 4.14. The van der Waals surface area contributed by atoms with Gasteiger partial charge in [-0.3, -0.25) is 0 Å². The van der Waals surface area contributed by atoms with E-state index in [0.717, 1.165) is 30.3 Å². The summed E-state index contributed by atoms with van der Waals surface area (Å²) in [4.78, 5) is 13.2. The van der Waals surface area contributed by atoms with Gasteiger partial charge in [-0.25, -0.2) is 4.59 Å². The average molecular weight is 332 g/mol. The Morgan fingerprint density at radius 3 is 1.45 bits per heavy atom. The molecule has 0 aliphatic carbocycles. The van der Waals surface area contributed by atoms with Crippen LogP contribution in [0.2, 0.25) is 0 Å². The molecule has 0 bridgehead atoms. The minimum atomic E-state index is 0.752. The first-order valence-electron chi connectivity index (χ1n) is 9.30. The predicted molar refractivity (Wildman–Crippen MR) is 99.8 cm³/mol. The fourth-order valence-corrected chi connectivity index (χ4v) is 2.83. The van der Waals surface area contributed by atoms with Crippen molar-refractivity contribution >= 4 is 19.1 Å². The monoisotopic (exact) mass is 331 g/mol. The maximum atomic E-state index is 10.2. The Hall–Kier alpha value is -0.0600. The second-order valence-corrected chi connectivity index (χ2v) is 7.26. The molecule has 0 fully saturated rings. The Bertz CT molecular complexity index is 247. The summed E-state index contributed by atoms with van der Waals surface area (Å²) < 4.78 is 0.790. The van der Waals surface area contributed by atoms with Crippen molar-refractivity contribution in [1.82, 2.24) is 4.83 Å². The largest absolute Gasteiger partial charge is 0.303 e. The molecule has 0 atom stereocenters. The van der Waals surface area contributed by atoms with Crippen molar-refractivity contribution in [3.63, 3.8) is 0 Å². The smallest absolute Gasteiger partial charge is 0.119 e. The van der Waals surface area contributed by atoms with E-state index in [1.807, 2.05) is 0 Å². The first-order chi connectivity index (χ1) is 10.6. The molecule has 0 unspecified atom stereocenters. The molecule has 0 aromatic carbocycles. The van der Waals surface area contributed by atoms with Crippen LogP contribution in [-0.4, -0.2) is 31.5 Å². The molecular weight excluding hydrogens is 292 g/mol. The highest BCUT2D eigenvalue weighted by atomic mass is 32.1. The lowest BCUT2D eigenvalue weighted by atomic mass is 10.0. The molecule has 0 saturated heterocycles. The molecule has 4 heteroatoms. The van der Waals surface area contributed by atoms with E-state index in [1.165, 1.54) is 77.0 Å². The molecule has 0 rings (SSSR count). The Balaban J connectivity index is 3.07. The Morgan fingerprint density at radius 1 is 0.727 bits per heavy atom. The van der Waals surface area contributed by atoms with Crippen molar-refractivity contribution in [3.8, 4) is 0 Å². The highest BCUT2D eigenvalue weighted by molar-refractivity contribution is 7.77. The van der Waals surface area contributed by atoms with E-state index in [2.05, 4.69) is 31.7 Å². The molecule has 0 aliphatic heterocycles. The third-order valence-corrected chi connectivity index (χ3v) is 4.85. The van der Waals surface area contributed by atoms with Gasteiger partial charge in [0.15, 0.2) is 0 Å². The number of hydrogen-bond donors (Lipinski definition) is 2. The lowest BCUT2D eigenvalue weighted by Crippen LogP contribution is -2.47. The molecule has 0 spiro atoms. The van der Waals surface area contributed by atoms with E-state index < -0.39 is 0 Å². The molecule has 0 aromatic rings. The van der Waals surface area contributed by atoms with Gasteiger partial charge in [-0.15, -0.1) is 4.83 Å². The van der Waals surface area contributed by atoms with Gasteiger partial charge in [0.05, 0.1) is 20.6 Å². The zero-order chi connectivity index (χ0) is 16.5. The van der Waals surface area contributed by atoms with E-state index in [-0.39, 0.29) is 0 Å². The second-order valence-electron chi connectivity index (χ2n) is 7.06.